The van der Waals surface area contributed by atoms with Crippen LogP contribution in [0, 0.1) is 0 Å². The Kier molecular flexibility index (Phi) is 4.30. The van der Waals surface area contributed by atoms with Crippen LogP contribution < -0.4 is 10.6 Å². The Balaban J connectivity index is 1.67. The summed E-state index contributed by atoms with van der Waals surface area (Å²) >= 11 is 3.42. The average Bonchev–Trinajstić information content (AvgIpc) is 2.51. The van der Waals surface area contributed by atoms with E-state index in [0.717, 1.165) is 41.2 Å². The molecule has 1 aliphatic heterocycles. The first-order chi connectivity index (χ1) is 9.81. The van der Waals surface area contributed by atoms with Gasteiger partial charge in [0, 0.05) is 23.2 Å². The van der Waals surface area contributed by atoms with Crippen molar-refractivity contribution in [3.63, 3.8) is 0 Å². The van der Waals surface area contributed by atoms with E-state index in [9.17, 15) is 0 Å². The number of halogens is 1. The molecule has 1 atom stereocenters. The smallest absolute Gasteiger partial charge is 0.112 e. The minimum absolute atomic E-state index is 0.0606. The fourth-order valence-electron chi connectivity index (χ4n) is 2.12. The van der Waals surface area contributed by atoms with E-state index in [1.165, 1.54) is 0 Å². The second-order valence-corrected chi connectivity index (χ2v) is 5.58. The van der Waals surface area contributed by atoms with Gasteiger partial charge < -0.3 is 15.4 Å². The maximum Gasteiger partial charge on any atom is 0.112 e. The Morgan fingerprint density at radius 2 is 1.95 bits per heavy atom. The number of nitrogens with zero attached hydrogens (tertiary/aromatic N) is 1. The summed E-state index contributed by atoms with van der Waals surface area (Å²) < 4.78 is 6.75. The first-order valence-corrected chi connectivity index (χ1v) is 7.41. The third-order valence-corrected chi connectivity index (χ3v) is 3.71. The van der Waals surface area contributed by atoms with Crippen LogP contribution in [0.3, 0.4) is 0 Å². The van der Waals surface area contributed by atoms with Crippen molar-refractivity contribution in [1.82, 2.24) is 10.3 Å². The molecule has 5 heteroatoms. The summed E-state index contributed by atoms with van der Waals surface area (Å²) in [5, 5.41) is 6.63. The first-order valence-electron chi connectivity index (χ1n) is 6.62. The van der Waals surface area contributed by atoms with Crippen LogP contribution in [0.4, 0.5) is 11.4 Å². The highest BCUT2D eigenvalue weighted by Crippen LogP contribution is 2.21. The molecule has 1 fully saturated rings. The number of hydrogen-bond donors (Lipinski definition) is 2. The maximum absolute atomic E-state index is 5.68. The van der Waals surface area contributed by atoms with E-state index in [4.69, 9.17) is 4.74 Å². The van der Waals surface area contributed by atoms with E-state index in [2.05, 4.69) is 31.5 Å². The molecular formula is C15H16BrN3O. The maximum atomic E-state index is 5.68. The van der Waals surface area contributed by atoms with Gasteiger partial charge in [0.1, 0.15) is 6.10 Å². The van der Waals surface area contributed by atoms with Crippen molar-refractivity contribution in [2.75, 3.05) is 25.0 Å². The summed E-state index contributed by atoms with van der Waals surface area (Å²) in [7, 11) is 0. The van der Waals surface area contributed by atoms with Crippen LogP contribution >= 0.6 is 15.9 Å². The van der Waals surface area contributed by atoms with Gasteiger partial charge in [0.2, 0.25) is 0 Å². The van der Waals surface area contributed by atoms with Crippen LogP contribution in [0.1, 0.15) is 11.8 Å². The molecule has 2 heterocycles. The van der Waals surface area contributed by atoms with Crippen LogP contribution in [-0.2, 0) is 4.74 Å². The zero-order valence-corrected chi connectivity index (χ0v) is 12.6. The van der Waals surface area contributed by atoms with Crippen LogP contribution in [0.2, 0.25) is 0 Å². The molecule has 2 N–H and O–H groups in total. The Morgan fingerprint density at radius 3 is 2.60 bits per heavy atom. The van der Waals surface area contributed by atoms with Gasteiger partial charge in [-0.15, -0.1) is 0 Å². The Labute approximate surface area is 126 Å². The molecule has 2 aromatic rings. The summed E-state index contributed by atoms with van der Waals surface area (Å²) in [6.45, 7) is 2.48. The number of rotatable bonds is 3. The highest BCUT2D eigenvalue weighted by atomic mass is 79.9. The third-order valence-electron chi connectivity index (χ3n) is 3.18. The molecule has 0 bridgehead atoms. The standard InChI is InChI=1S/C15H16BrN3O/c16-11-1-3-12(4-2-11)19-13-5-6-14(18-9-13)15-10-17-7-8-20-15/h1-6,9,15,17,19H,7-8,10H2/t15-/m1/s1. The summed E-state index contributed by atoms with van der Waals surface area (Å²) in [5.74, 6) is 0. The monoisotopic (exact) mass is 333 g/mol. The lowest BCUT2D eigenvalue weighted by atomic mass is 10.2. The number of ether oxygens (including phenoxy) is 1. The van der Waals surface area contributed by atoms with Gasteiger partial charge in [-0.1, -0.05) is 15.9 Å². The van der Waals surface area contributed by atoms with Gasteiger partial charge in [-0.3, -0.25) is 4.98 Å². The number of morpholine rings is 1. The minimum atomic E-state index is 0.0606. The second kappa shape index (κ2) is 6.35. The molecule has 1 saturated heterocycles. The summed E-state index contributed by atoms with van der Waals surface area (Å²) in [5.41, 5.74) is 2.98. The van der Waals surface area contributed by atoms with Crippen LogP contribution in [0.15, 0.2) is 47.1 Å². The largest absolute Gasteiger partial charge is 0.369 e. The van der Waals surface area contributed by atoms with Gasteiger partial charge in [0.15, 0.2) is 0 Å². The first kappa shape index (κ1) is 13.5. The number of aromatic nitrogens is 1. The fourth-order valence-corrected chi connectivity index (χ4v) is 2.39. The molecule has 20 heavy (non-hydrogen) atoms. The number of hydrogen-bond acceptors (Lipinski definition) is 4. The van der Waals surface area contributed by atoms with Crippen molar-refractivity contribution < 1.29 is 4.74 Å². The lowest BCUT2D eigenvalue weighted by molar-refractivity contribution is 0.0250. The molecule has 0 unspecified atom stereocenters. The van der Waals surface area contributed by atoms with Gasteiger partial charge in [0.25, 0.3) is 0 Å². The number of pyridine rings is 1. The van der Waals surface area contributed by atoms with Gasteiger partial charge in [-0.05, 0) is 36.4 Å². The lowest BCUT2D eigenvalue weighted by Gasteiger charge is -2.23. The zero-order chi connectivity index (χ0) is 13.8. The van der Waals surface area contributed by atoms with E-state index in [-0.39, 0.29) is 6.10 Å². The third kappa shape index (κ3) is 3.36. The molecule has 3 rings (SSSR count). The van der Waals surface area contributed by atoms with Gasteiger partial charge >= 0.3 is 0 Å². The predicted molar refractivity (Wildman–Crippen MR) is 83.2 cm³/mol. The van der Waals surface area contributed by atoms with E-state index < -0.39 is 0 Å². The zero-order valence-electron chi connectivity index (χ0n) is 11.0. The van der Waals surface area contributed by atoms with Crippen molar-refractivity contribution in [2.45, 2.75) is 6.10 Å². The van der Waals surface area contributed by atoms with Crippen LogP contribution in [-0.4, -0.2) is 24.7 Å². The van der Waals surface area contributed by atoms with E-state index >= 15 is 0 Å². The van der Waals surface area contributed by atoms with E-state index in [0.29, 0.717) is 0 Å². The SMILES string of the molecule is Brc1ccc(Nc2ccc([C@H]3CNCCO3)nc2)cc1. The molecule has 0 radical (unpaired) electrons. The average molecular weight is 334 g/mol. The molecule has 1 aromatic carbocycles. The quantitative estimate of drug-likeness (QED) is 0.905. The topological polar surface area (TPSA) is 46.2 Å². The molecule has 4 nitrogen and oxygen atoms in total. The molecular weight excluding hydrogens is 318 g/mol. The normalized spacial score (nSPS) is 18.8. The van der Waals surface area contributed by atoms with E-state index in [1.807, 2.05) is 42.6 Å². The predicted octanol–water partition coefficient (Wildman–Crippen LogP) is 3.25. The molecule has 0 spiro atoms. The summed E-state index contributed by atoms with van der Waals surface area (Å²) in [4.78, 5) is 4.48. The molecule has 0 saturated carbocycles. The van der Waals surface area contributed by atoms with Crippen molar-refractivity contribution in [2.24, 2.45) is 0 Å². The fraction of sp³-hybridized carbons (Fsp3) is 0.267. The summed E-state index contributed by atoms with van der Waals surface area (Å²) in [6, 6.07) is 12.1. The van der Waals surface area contributed by atoms with Crippen molar-refractivity contribution in [3.05, 3.63) is 52.8 Å². The van der Waals surface area contributed by atoms with Gasteiger partial charge in [-0.2, -0.15) is 0 Å². The number of anilines is 2. The lowest BCUT2D eigenvalue weighted by Crippen LogP contribution is -2.33. The number of nitrogens with one attached hydrogen (secondary N) is 2. The van der Waals surface area contributed by atoms with Crippen molar-refractivity contribution in [3.8, 4) is 0 Å². The molecule has 0 aliphatic carbocycles. The van der Waals surface area contributed by atoms with Crippen LogP contribution in [0.25, 0.3) is 0 Å². The molecule has 1 aliphatic rings. The minimum Gasteiger partial charge on any atom is -0.369 e. The highest BCUT2D eigenvalue weighted by Gasteiger charge is 2.16. The molecule has 0 amide bonds. The van der Waals surface area contributed by atoms with Crippen LogP contribution in [0.5, 0.6) is 0 Å². The molecule has 104 valence electrons. The Hall–Kier alpha value is -1.43. The second-order valence-electron chi connectivity index (χ2n) is 4.67. The Bertz CT molecular complexity index is 550. The Morgan fingerprint density at radius 1 is 1.15 bits per heavy atom. The van der Waals surface area contributed by atoms with Gasteiger partial charge in [0.05, 0.1) is 24.2 Å². The number of benzene rings is 1. The van der Waals surface area contributed by atoms with E-state index in [1.54, 1.807) is 0 Å². The van der Waals surface area contributed by atoms with Gasteiger partial charge in [-0.25, -0.2) is 0 Å². The van der Waals surface area contributed by atoms with Crippen molar-refractivity contribution >= 4 is 27.3 Å². The van der Waals surface area contributed by atoms with Crippen molar-refractivity contribution in [1.29, 1.82) is 0 Å². The highest BCUT2D eigenvalue weighted by molar-refractivity contribution is 9.10. The molecule has 1 aromatic heterocycles. The summed E-state index contributed by atoms with van der Waals surface area (Å²) in [6.07, 6.45) is 1.90.